The van der Waals surface area contributed by atoms with Gasteiger partial charge in [-0.25, -0.2) is 0 Å². The van der Waals surface area contributed by atoms with Crippen LogP contribution in [0.5, 0.6) is 0 Å². The number of aromatic nitrogens is 1. The van der Waals surface area contributed by atoms with Gasteiger partial charge in [0.15, 0.2) is 0 Å². The molecular weight excluding hydrogens is 309 g/mol. The van der Waals surface area contributed by atoms with Gasteiger partial charge < -0.3 is 5.32 Å². The van der Waals surface area contributed by atoms with Crippen LogP contribution in [0.1, 0.15) is 5.69 Å². The predicted molar refractivity (Wildman–Crippen MR) is 66.7 cm³/mol. The van der Waals surface area contributed by atoms with Crippen LogP contribution >= 0.6 is 15.9 Å². The van der Waals surface area contributed by atoms with E-state index in [4.69, 9.17) is 0 Å². The monoisotopic (exact) mass is 316 g/mol. The number of rotatable bonds is 2. The second kappa shape index (κ2) is 4.97. The van der Waals surface area contributed by atoms with E-state index in [0.29, 0.717) is 11.4 Å². The summed E-state index contributed by atoms with van der Waals surface area (Å²) in [5, 5.41) is 2.88. The summed E-state index contributed by atoms with van der Waals surface area (Å²) in [4.78, 5) is 3.29. The molecule has 0 spiro atoms. The fourth-order valence-electron chi connectivity index (χ4n) is 1.36. The van der Waals surface area contributed by atoms with Crippen LogP contribution in [0, 0.1) is 0 Å². The third kappa shape index (κ3) is 3.22. The summed E-state index contributed by atoms with van der Waals surface area (Å²) in [6.45, 7) is 0. The third-order valence-corrected chi connectivity index (χ3v) is 2.71. The van der Waals surface area contributed by atoms with Crippen molar-refractivity contribution in [2.75, 3.05) is 5.32 Å². The summed E-state index contributed by atoms with van der Waals surface area (Å²) in [5.41, 5.74) is 0.141. The van der Waals surface area contributed by atoms with Gasteiger partial charge in [0.1, 0.15) is 5.69 Å². The van der Waals surface area contributed by atoms with Crippen molar-refractivity contribution in [1.82, 2.24) is 4.98 Å². The fraction of sp³-hybridized carbons (Fsp3) is 0.0833. The molecule has 2 aromatic rings. The van der Waals surface area contributed by atoms with E-state index in [1.807, 2.05) is 0 Å². The first-order chi connectivity index (χ1) is 8.45. The Labute approximate surface area is 110 Å². The van der Waals surface area contributed by atoms with Crippen molar-refractivity contribution >= 4 is 27.3 Å². The quantitative estimate of drug-likeness (QED) is 0.875. The van der Waals surface area contributed by atoms with Gasteiger partial charge in [-0.1, -0.05) is 15.9 Å². The van der Waals surface area contributed by atoms with E-state index in [0.717, 1.165) is 16.7 Å². The zero-order valence-electron chi connectivity index (χ0n) is 9.00. The number of anilines is 2. The molecule has 0 aliphatic rings. The second-order valence-electron chi connectivity index (χ2n) is 3.56. The molecule has 0 aliphatic carbocycles. The number of halogens is 4. The highest BCUT2D eigenvalue weighted by Gasteiger charge is 2.32. The molecule has 6 heteroatoms. The van der Waals surface area contributed by atoms with Gasteiger partial charge in [-0.05, 0) is 36.4 Å². The third-order valence-electron chi connectivity index (χ3n) is 2.18. The molecule has 1 aromatic carbocycles. The number of alkyl halides is 3. The Morgan fingerprint density at radius 2 is 1.67 bits per heavy atom. The molecule has 1 N–H and O–H groups in total. The van der Waals surface area contributed by atoms with Crippen molar-refractivity contribution in [3.63, 3.8) is 0 Å². The number of pyridine rings is 1. The number of nitrogens with one attached hydrogen (secondary N) is 1. The molecule has 0 saturated carbocycles. The summed E-state index contributed by atoms with van der Waals surface area (Å²) in [6, 6.07) is 9.58. The average Bonchev–Trinajstić information content (AvgIpc) is 2.31. The molecule has 94 valence electrons. The fourth-order valence-corrected chi connectivity index (χ4v) is 1.63. The van der Waals surface area contributed by atoms with Crippen molar-refractivity contribution in [3.05, 3.63) is 52.8 Å². The molecule has 1 heterocycles. The number of benzene rings is 1. The highest BCUT2D eigenvalue weighted by Crippen LogP contribution is 2.29. The Bertz CT molecular complexity index is 538. The Kier molecular flexibility index (Phi) is 3.56. The summed E-state index contributed by atoms with van der Waals surface area (Å²) in [5.74, 6) is 0. The highest BCUT2D eigenvalue weighted by atomic mass is 79.9. The Hall–Kier alpha value is -1.56. The molecule has 0 amide bonds. The first kappa shape index (κ1) is 12.9. The van der Waals surface area contributed by atoms with Gasteiger partial charge in [0, 0.05) is 22.0 Å². The molecular formula is C12H8BrF3N2. The first-order valence-corrected chi connectivity index (χ1v) is 5.80. The van der Waals surface area contributed by atoms with Gasteiger partial charge in [0.05, 0.1) is 0 Å². The van der Waals surface area contributed by atoms with E-state index in [9.17, 15) is 13.2 Å². The van der Waals surface area contributed by atoms with Crippen LogP contribution in [-0.4, -0.2) is 4.98 Å². The number of hydrogen-bond donors (Lipinski definition) is 1. The van der Waals surface area contributed by atoms with E-state index in [2.05, 4.69) is 26.2 Å². The minimum absolute atomic E-state index is 0.347. The standard InChI is InChI=1S/C12H8BrF3N2/c13-8-1-3-9(4-2-8)18-10-5-6-17-11(7-10)12(14,15)16/h1-7H,(H,17,18). The lowest BCUT2D eigenvalue weighted by atomic mass is 10.2. The maximum Gasteiger partial charge on any atom is 0.433 e. The summed E-state index contributed by atoms with van der Waals surface area (Å²) < 4.78 is 38.3. The predicted octanol–water partition coefficient (Wildman–Crippen LogP) is 4.61. The minimum atomic E-state index is -4.43. The van der Waals surface area contributed by atoms with Crippen LogP contribution in [0.2, 0.25) is 0 Å². The lowest BCUT2D eigenvalue weighted by Gasteiger charge is -2.09. The molecule has 0 bridgehead atoms. The molecule has 18 heavy (non-hydrogen) atoms. The van der Waals surface area contributed by atoms with E-state index in [-0.39, 0.29) is 0 Å². The van der Waals surface area contributed by atoms with Crippen molar-refractivity contribution in [1.29, 1.82) is 0 Å². The van der Waals surface area contributed by atoms with Crippen molar-refractivity contribution in [2.45, 2.75) is 6.18 Å². The molecule has 2 nitrogen and oxygen atoms in total. The summed E-state index contributed by atoms with van der Waals surface area (Å²) >= 11 is 3.28. The molecule has 0 saturated heterocycles. The topological polar surface area (TPSA) is 24.9 Å². The Morgan fingerprint density at radius 3 is 2.28 bits per heavy atom. The first-order valence-electron chi connectivity index (χ1n) is 5.01. The van der Waals surface area contributed by atoms with E-state index >= 15 is 0 Å². The second-order valence-corrected chi connectivity index (χ2v) is 4.48. The van der Waals surface area contributed by atoms with Gasteiger partial charge in [-0.2, -0.15) is 13.2 Å². The van der Waals surface area contributed by atoms with Crippen LogP contribution in [0.25, 0.3) is 0 Å². The largest absolute Gasteiger partial charge is 0.433 e. The van der Waals surface area contributed by atoms with Crippen LogP contribution in [0.15, 0.2) is 47.1 Å². The van der Waals surface area contributed by atoms with E-state index < -0.39 is 11.9 Å². The summed E-state index contributed by atoms with van der Waals surface area (Å²) in [6.07, 6.45) is -3.30. The molecule has 0 atom stereocenters. The highest BCUT2D eigenvalue weighted by molar-refractivity contribution is 9.10. The average molecular weight is 317 g/mol. The van der Waals surface area contributed by atoms with Crippen molar-refractivity contribution in [2.24, 2.45) is 0 Å². The van der Waals surface area contributed by atoms with Gasteiger partial charge in [0.2, 0.25) is 0 Å². The van der Waals surface area contributed by atoms with Crippen LogP contribution in [0.3, 0.4) is 0 Å². The van der Waals surface area contributed by atoms with E-state index in [1.165, 1.54) is 6.07 Å². The molecule has 0 aliphatic heterocycles. The van der Waals surface area contributed by atoms with Gasteiger partial charge in [0.25, 0.3) is 0 Å². The maximum absolute atomic E-state index is 12.5. The number of hydrogen-bond acceptors (Lipinski definition) is 2. The maximum atomic E-state index is 12.5. The van der Waals surface area contributed by atoms with Crippen LogP contribution in [-0.2, 0) is 6.18 Å². The summed E-state index contributed by atoms with van der Waals surface area (Å²) in [7, 11) is 0. The smallest absolute Gasteiger partial charge is 0.355 e. The lowest BCUT2D eigenvalue weighted by molar-refractivity contribution is -0.141. The van der Waals surface area contributed by atoms with Gasteiger partial charge in [-0.3, -0.25) is 4.98 Å². The SMILES string of the molecule is FC(F)(F)c1cc(Nc2ccc(Br)cc2)ccn1. The van der Waals surface area contributed by atoms with Gasteiger partial charge >= 0.3 is 6.18 Å². The lowest BCUT2D eigenvalue weighted by Crippen LogP contribution is -2.08. The van der Waals surface area contributed by atoms with E-state index in [1.54, 1.807) is 24.3 Å². The van der Waals surface area contributed by atoms with Crippen LogP contribution < -0.4 is 5.32 Å². The zero-order valence-corrected chi connectivity index (χ0v) is 10.6. The van der Waals surface area contributed by atoms with Crippen molar-refractivity contribution in [3.8, 4) is 0 Å². The Balaban J connectivity index is 2.22. The number of nitrogens with zero attached hydrogens (tertiary/aromatic N) is 1. The zero-order chi connectivity index (χ0) is 13.2. The minimum Gasteiger partial charge on any atom is -0.355 e. The molecule has 2 rings (SSSR count). The molecule has 0 fully saturated rings. The van der Waals surface area contributed by atoms with Gasteiger partial charge in [-0.15, -0.1) is 0 Å². The normalized spacial score (nSPS) is 11.3. The molecule has 1 aromatic heterocycles. The van der Waals surface area contributed by atoms with Crippen molar-refractivity contribution < 1.29 is 13.2 Å². The molecule has 0 radical (unpaired) electrons. The Morgan fingerprint density at radius 1 is 1.00 bits per heavy atom. The van der Waals surface area contributed by atoms with Crippen LogP contribution in [0.4, 0.5) is 24.5 Å². The molecule has 0 unspecified atom stereocenters.